The smallest absolute Gasteiger partial charge is 0.271 e. The molecule has 3 aromatic rings. The van der Waals surface area contributed by atoms with E-state index >= 15 is 0 Å². The molecule has 0 radical (unpaired) electrons. The number of hydrogen-bond acceptors (Lipinski definition) is 9. The zero-order chi connectivity index (χ0) is 33.2. The number of aromatic nitrogens is 2. The second-order valence-corrected chi connectivity index (χ2v) is 14.4. The number of fused-ring (bicyclic) bond motifs is 4. The molecule has 1 aromatic carbocycles. The average molecular weight is 716 g/mol. The first-order valence-electron chi connectivity index (χ1n) is 16.6. The van der Waals surface area contributed by atoms with Crippen LogP contribution in [0.25, 0.3) is 0 Å². The molecule has 4 bridgehead atoms. The Labute approximate surface area is 296 Å². The van der Waals surface area contributed by atoms with Crippen molar-refractivity contribution in [1.29, 1.82) is 0 Å². The molecule has 4 heterocycles. The Morgan fingerprint density at radius 1 is 0.875 bits per heavy atom. The van der Waals surface area contributed by atoms with Gasteiger partial charge in [0.05, 0.1) is 18.1 Å². The molecule has 4 amide bonds. The predicted molar refractivity (Wildman–Crippen MR) is 191 cm³/mol. The van der Waals surface area contributed by atoms with Crippen molar-refractivity contribution in [2.24, 2.45) is 5.92 Å². The van der Waals surface area contributed by atoms with Crippen molar-refractivity contribution >= 4 is 58.7 Å². The molecule has 14 heteroatoms. The molecule has 5 rings (SSSR count). The summed E-state index contributed by atoms with van der Waals surface area (Å²) in [5, 5.41) is 17.3. The second kappa shape index (κ2) is 18.4. The third kappa shape index (κ3) is 10.6. The maximum absolute atomic E-state index is 13.5. The molecule has 4 N–H and O–H groups in total. The van der Waals surface area contributed by atoms with Gasteiger partial charge in [0.25, 0.3) is 11.8 Å². The standard InChI is InChI=1S/C34H45N7O4S2.ClH/c1-22(2)18-25-32-40-28(21-47-32)31(44)38-26(19-23-10-4-3-5-11-23)33-39-27(20-46-33)30(43)36-15-9-17-41(16-8-13-29(42)37-25)34(45)24-12-6-7-14-35-24;/h3-5,10-11,20-22,24-26,35H,6-9,12-19H2,1-2H3,(H,36,43)(H,37,42)(H,38,44);1H/t24-,25?,26-;/m0./s1. The van der Waals surface area contributed by atoms with Gasteiger partial charge in [-0.15, -0.1) is 35.1 Å². The molecule has 0 aliphatic carbocycles. The van der Waals surface area contributed by atoms with E-state index < -0.39 is 6.04 Å². The number of carbonyl (C=O) groups is 4. The van der Waals surface area contributed by atoms with Gasteiger partial charge in [0.15, 0.2) is 0 Å². The van der Waals surface area contributed by atoms with E-state index in [-0.39, 0.29) is 66.2 Å². The fraction of sp³-hybridized carbons (Fsp3) is 0.529. The Hall–Kier alpha value is -3.39. The Morgan fingerprint density at radius 3 is 2.25 bits per heavy atom. The van der Waals surface area contributed by atoms with Crippen LogP contribution in [-0.2, 0) is 16.0 Å². The van der Waals surface area contributed by atoms with E-state index in [1.165, 1.54) is 22.7 Å². The maximum Gasteiger partial charge on any atom is 0.271 e. The number of nitrogens with one attached hydrogen (secondary N) is 4. The van der Waals surface area contributed by atoms with Crippen molar-refractivity contribution in [1.82, 2.24) is 36.1 Å². The van der Waals surface area contributed by atoms with Gasteiger partial charge in [0.2, 0.25) is 11.8 Å². The highest BCUT2D eigenvalue weighted by Crippen LogP contribution is 2.27. The number of amides is 4. The van der Waals surface area contributed by atoms with Gasteiger partial charge in [-0.25, -0.2) is 9.97 Å². The molecule has 2 aliphatic rings. The third-order valence-corrected chi connectivity index (χ3v) is 10.3. The highest BCUT2D eigenvalue weighted by molar-refractivity contribution is 7.10. The summed E-state index contributed by atoms with van der Waals surface area (Å²) in [5.41, 5.74) is 1.59. The molecule has 11 nitrogen and oxygen atoms in total. The lowest BCUT2D eigenvalue weighted by atomic mass is 10.0. The quantitative estimate of drug-likeness (QED) is 0.296. The second-order valence-electron chi connectivity index (χ2n) is 12.6. The van der Waals surface area contributed by atoms with Gasteiger partial charge < -0.3 is 26.2 Å². The Bertz CT molecular complexity index is 1510. The minimum absolute atomic E-state index is 0. The van der Waals surface area contributed by atoms with Gasteiger partial charge in [-0.05, 0) is 56.6 Å². The van der Waals surface area contributed by atoms with Crippen LogP contribution in [0.4, 0.5) is 0 Å². The van der Waals surface area contributed by atoms with Crippen LogP contribution in [0.15, 0.2) is 41.1 Å². The van der Waals surface area contributed by atoms with Gasteiger partial charge in [0, 0.05) is 36.8 Å². The largest absolute Gasteiger partial charge is 0.351 e. The van der Waals surface area contributed by atoms with E-state index in [1.54, 1.807) is 10.8 Å². The van der Waals surface area contributed by atoms with Gasteiger partial charge in [0.1, 0.15) is 21.4 Å². The topological polar surface area (TPSA) is 145 Å². The van der Waals surface area contributed by atoms with Gasteiger partial charge in [-0.3, -0.25) is 19.2 Å². The zero-order valence-corrected chi connectivity index (χ0v) is 30.0. The minimum Gasteiger partial charge on any atom is -0.351 e. The van der Waals surface area contributed by atoms with Gasteiger partial charge in [-0.1, -0.05) is 50.6 Å². The zero-order valence-electron chi connectivity index (χ0n) is 27.5. The number of carbonyl (C=O) groups excluding carboxylic acids is 4. The van der Waals surface area contributed by atoms with Crippen LogP contribution in [-0.4, -0.2) is 70.7 Å². The number of thiazole rings is 2. The van der Waals surface area contributed by atoms with Crippen LogP contribution in [0.5, 0.6) is 0 Å². The summed E-state index contributed by atoms with van der Waals surface area (Å²) in [6.45, 7) is 6.30. The number of nitrogens with zero attached hydrogens (tertiary/aromatic N) is 3. The van der Waals surface area contributed by atoms with Crippen LogP contribution in [0.2, 0.25) is 0 Å². The van der Waals surface area contributed by atoms with E-state index in [0.29, 0.717) is 61.0 Å². The van der Waals surface area contributed by atoms with Gasteiger partial charge in [-0.2, -0.15) is 0 Å². The highest BCUT2D eigenvalue weighted by atomic mass is 35.5. The van der Waals surface area contributed by atoms with Crippen molar-refractivity contribution in [3.63, 3.8) is 0 Å². The van der Waals surface area contributed by atoms with E-state index in [2.05, 4.69) is 45.1 Å². The third-order valence-electron chi connectivity index (χ3n) is 8.38. The Morgan fingerprint density at radius 2 is 1.56 bits per heavy atom. The first kappa shape index (κ1) is 37.4. The predicted octanol–water partition coefficient (Wildman–Crippen LogP) is 4.82. The fourth-order valence-corrected chi connectivity index (χ4v) is 7.67. The lowest BCUT2D eigenvalue weighted by Gasteiger charge is -2.30. The molecule has 260 valence electrons. The van der Waals surface area contributed by atoms with Crippen molar-refractivity contribution in [3.05, 3.63) is 68.1 Å². The van der Waals surface area contributed by atoms with E-state index in [4.69, 9.17) is 0 Å². The molecular formula is C34H46ClN7O4S2. The molecular weight excluding hydrogens is 670 g/mol. The van der Waals surface area contributed by atoms with Crippen LogP contribution < -0.4 is 21.3 Å². The van der Waals surface area contributed by atoms with Gasteiger partial charge >= 0.3 is 0 Å². The molecule has 3 atom stereocenters. The van der Waals surface area contributed by atoms with Crippen LogP contribution in [0.1, 0.15) is 107 Å². The molecule has 0 saturated carbocycles. The van der Waals surface area contributed by atoms with E-state index in [1.807, 2.05) is 35.2 Å². The Balaban J connectivity index is 0.00000520. The van der Waals surface area contributed by atoms with Crippen molar-refractivity contribution < 1.29 is 19.2 Å². The SMILES string of the molecule is CC(C)CC1NC(=O)CCCN(C(=O)[C@@H]2CCCCN2)CCCNC(=O)c2csc(n2)[C@H](Cc2ccccc2)NC(=O)c2csc1n2.Cl. The summed E-state index contributed by atoms with van der Waals surface area (Å²) in [4.78, 5) is 64.4. The number of halogens is 1. The first-order valence-corrected chi connectivity index (χ1v) is 18.4. The molecule has 0 spiro atoms. The lowest BCUT2D eigenvalue weighted by Crippen LogP contribution is -2.49. The monoisotopic (exact) mass is 715 g/mol. The van der Waals surface area contributed by atoms with Crippen LogP contribution in [0, 0.1) is 5.92 Å². The number of rotatable bonds is 5. The summed E-state index contributed by atoms with van der Waals surface area (Å²) < 4.78 is 0. The molecule has 1 fully saturated rings. The van der Waals surface area contributed by atoms with Crippen molar-refractivity contribution in [2.45, 2.75) is 83.3 Å². The van der Waals surface area contributed by atoms with E-state index in [9.17, 15) is 19.2 Å². The number of benzene rings is 1. The number of hydrogen-bond donors (Lipinski definition) is 4. The summed E-state index contributed by atoms with van der Waals surface area (Å²) in [5.74, 6) is -0.411. The molecule has 1 saturated heterocycles. The Kier molecular flexibility index (Phi) is 14.3. The highest BCUT2D eigenvalue weighted by Gasteiger charge is 2.27. The van der Waals surface area contributed by atoms with Crippen LogP contribution >= 0.6 is 35.1 Å². The molecule has 2 aromatic heterocycles. The summed E-state index contributed by atoms with van der Waals surface area (Å²) >= 11 is 2.68. The fourth-order valence-electron chi connectivity index (χ4n) is 5.95. The molecule has 1 unspecified atom stereocenters. The normalized spacial score (nSPS) is 21.7. The van der Waals surface area contributed by atoms with Crippen molar-refractivity contribution in [2.75, 3.05) is 26.2 Å². The summed E-state index contributed by atoms with van der Waals surface area (Å²) in [6, 6.07) is 8.79. The van der Waals surface area contributed by atoms with Crippen LogP contribution in [0.3, 0.4) is 0 Å². The molecule has 2 aliphatic heterocycles. The average Bonchev–Trinajstić information content (AvgIpc) is 3.77. The minimum atomic E-state index is -0.477. The summed E-state index contributed by atoms with van der Waals surface area (Å²) in [6.07, 6.45) is 5.39. The van der Waals surface area contributed by atoms with Crippen molar-refractivity contribution in [3.8, 4) is 0 Å². The number of piperidine rings is 1. The summed E-state index contributed by atoms with van der Waals surface area (Å²) in [7, 11) is 0. The first-order chi connectivity index (χ1) is 22.8. The van der Waals surface area contributed by atoms with E-state index in [0.717, 1.165) is 31.4 Å². The lowest BCUT2D eigenvalue weighted by molar-refractivity contribution is -0.134. The molecule has 48 heavy (non-hydrogen) atoms. The maximum atomic E-state index is 13.5.